The lowest BCUT2D eigenvalue weighted by Gasteiger charge is -2.04. The predicted molar refractivity (Wildman–Crippen MR) is 56.1 cm³/mol. The van der Waals surface area contributed by atoms with Crippen LogP contribution >= 0.6 is 0 Å². The molecule has 5 nitrogen and oxygen atoms in total. The van der Waals surface area contributed by atoms with Crippen molar-refractivity contribution in [3.8, 4) is 0 Å². The first-order valence-electron chi connectivity index (χ1n) is 4.46. The Labute approximate surface area is 82.7 Å². The van der Waals surface area contributed by atoms with Gasteiger partial charge >= 0.3 is 0 Å². The Morgan fingerprint density at radius 3 is 2.86 bits per heavy atom. The third-order valence-electron chi connectivity index (χ3n) is 1.59. The van der Waals surface area contributed by atoms with Gasteiger partial charge in [-0.1, -0.05) is 0 Å². The van der Waals surface area contributed by atoms with Gasteiger partial charge in [0.2, 0.25) is 5.91 Å². The predicted octanol–water partition coefficient (Wildman–Crippen LogP) is 0.411. The molecule has 4 N–H and O–H groups in total. The fraction of sp³-hybridized carbons (Fsp3) is 0.333. The number of nitrogens with two attached hydrogens (primary N) is 1. The van der Waals surface area contributed by atoms with Gasteiger partial charge in [0.05, 0.1) is 18.4 Å². The SMILES string of the molecule is CCNc1ccc(NC(=O)CN)cn1. The summed E-state index contributed by atoms with van der Waals surface area (Å²) in [6.45, 7) is 2.79. The van der Waals surface area contributed by atoms with Gasteiger partial charge in [-0.15, -0.1) is 0 Å². The van der Waals surface area contributed by atoms with Gasteiger partial charge in [-0.05, 0) is 19.1 Å². The first-order valence-corrected chi connectivity index (χ1v) is 4.46. The van der Waals surface area contributed by atoms with Crippen molar-refractivity contribution in [3.05, 3.63) is 18.3 Å². The Morgan fingerprint density at radius 1 is 1.57 bits per heavy atom. The minimum absolute atomic E-state index is 0.0189. The maximum absolute atomic E-state index is 10.9. The fourth-order valence-corrected chi connectivity index (χ4v) is 0.966. The van der Waals surface area contributed by atoms with E-state index in [9.17, 15) is 4.79 Å². The first kappa shape index (κ1) is 10.5. The molecule has 0 aromatic carbocycles. The Bertz CT molecular complexity index is 296. The third-order valence-corrected chi connectivity index (χ3v) is 1.59. The summed E-state index contributed by atoms with van der Waals surface area (Å²) < 4.78 is 0. The van der Waals surface area contributed by atoms with Gasteiger partial charge in [0.15, 0.2) is 0 Å². The molecule has 0 atom stereocenters. The molecule has 0 fully saturated rings. The summed E-state index contributed by atoms with van der Waals surface area (Å²) in [5.41, 5.74) is 5.81. The number of carbonyl (C=O) groups excluding carboxylic acids is 1. The largest absolute Gasteiger partial charge is 0.370 e. The van der Waals surface area contributed by atoms with Crippen molar-refractivity contribution in [1.29, 1.82) is 0 Å². The van der Waals surface area contributed by atoms with E-state index in [0.29, 0.717) is 5.69 Å². The number of amides is 1. The summed E-state index contributed by atoms with van der Waals surface area (Å²) in [7, 11) is 0. The van der Waals surface area contributed by atoms with Crippen molar-refractivity contribution in [2.24, 2.45) is 5.73 Å². The third kappa shape index (κ3) is 3.02. The zero-order valence-electron chi connectivity index (χ0n) is 8.08. The number of nitrogens with zero attached hydrogens (tertiary/aromatic N) is 1. The van der Waals surface area contributed by atoms with Crippen molar-refractivity contribution in [1.82, 2.24) is 4.98 Å². The van der Waals surface area contributed by atoms with Gasteiger partial charge in [-0.25, -0.2) is 4.98 Å². The van der Waals surface area contributed by atoms with Crippen molar-refractivity contribution in [2.75, 3.05) is 23.7 Å². The van der Waals surface area contributed by atoms with Crippen LogP contribution in [0.2, 0.25) is 0 Å². The van der Waals surface area contributed by atoms with Gasteiger partial charge in [0, 0.05) is 6.54 Å². The maximum atomic E-state index is 10.9. The number of nitrogens with one attached hydrogen (secondary N) is 2. The summed E-state index contributed by atoms with van der Waals surface area (Å²) in [5, 5.41) is 5.66. The van der Waals surface area contributed by atoms with Gasteiger partial charge in [0.1, 0.15) is 5.82 Å². The fourth-order valence-electron chi connectivity index (χ4n) is 0.966. The molecule has 0 aliphatic heterocycles. The number of carbonyl (C=O) groups is 1. The van der Waals surface area contributed by atoms with Gasteiger partial charge in [-0.2, -0.15) is 0 Å². The monoisotopic (exact) mass is 194 g/mol. The number of hydrogen-bond donors (Lipinski definition) is 3. The number of pyridine rings is 1. The second kappa shape index (κ2) is 5.18. The molecule has 1 aromatic rings. The number of hydrogen-bond acceptors (Lipinski definition) is 4. The summed E-state index contributed by atoms with van der Waals surface area (Å²) in [4.78, 5) is 15.0. The zero-order chi connectivity index (χ0) is 10.4. The van der Waals surface area contributed by atoms with E-state index in [0.717, 1.165) is 12.4 Å². The summed E-state index contributed by atoms with van der Waals surface area (Å²) >= 11 is 0. The molecular formula is C9H14N4O. The molecule has 0 spiro atoms. The van der Waals surface area contributed by atoms with Crippen molar-refractivity contribution < 1.29 is 4.79 Å². The number of anilines is 2. The van der Waals surface area contributed by atoms with Crippen molar-refractivity contribution in [2.45, 2.75) is 6.92 Å². The van der Waals surface area contributed by atoms with Crippen LogP contribution in [-0.2, 0) is 4.79 Å². The second-order valence-electron chi connectivity index (χ2n) is 2.71. The van der Waals surface area contributed by atoms with Gasteiger partial charge < -0.3 is 16.4 Å². The molecule has 1 amide bonds. The first-order chi connectivity index (χ1) is 6.76. The average molecular weight is 194 g/mol. The molecule has 0 aliphatic carbocycles. The lowest BCUT2D eigenvalue weighted by Crippen LogP contribution is -2.21. The second-order valence-corrected chi connectivity index (χ2v) is 2.71. The Balaban J connectivity index is 2.59. The van der Waals surface area contributed by atoms with Gasteiger partial charge in [0.25, 0.3) is 0 Å². The average Bonchev–Trinajstić information content (AvgIpc) is 2.21. The molecule has 0 bridgehead atoms. The van der Waals surface area contributed by atoms with Crippen LogP contribution in [0, 0.1) is 0 Å². The maximum Gasteiger partial charge on any atom is 0.238 e. The molecule has 0 saturated carbocycles. The van der Waals surface area contributed by atoms with Crippen LogP contribution < -0.4 is 16.4 Å². The molecule has 0 saturated heterocycles. The molecule has 14 heavy (non-hydrogen) atoms. The van der Waals surface area contributed by atoms with E-state index in [4.69, 9.17) is 5.73 Å². The molecule has 76 valence electrons. The molecular weight excluding hydrogens is 180 g/mol. The summed E-state index contributed by atoms with van der Waals surface area (Å²) in [6.07, 6.45) is 1.59. The minimum atomic E-state index is -0.219. The lowest BCUT2D eigenvalue weighted by atomic mass is 10.4. The van der Waals surface area contributed by atoms with E-state index < -0.39 is 0 Å². The Hall–Kier alpha value is -1.62. The lowest BCUT2D eigenvalue weighted by molar-refractivity contribution is -0.114. The highest BCUT2D eigenvalue weighted by molar-refractivity contribution is 5.91. The Morgan fingerprint density at radius 2 is 2.36 bits per heavy atom. The van der Waals surface area contributed by atoms with Crippen molar-refractivity contribution in [3.63, 3.8) is 0 Å². The van der Waals surface area contributed by atoms with E-state index in [1.165, 1.54) is 0 Å². The van der Waals surface area contributed by atoms with E-state index in [2.05, 4.69) is 15.6 Å². The van der Waals surface area contributed by atoms with Crippen LogP contribution in [0.1, 0.15) is 6.92 Å². The quantitative estimate of drug-likeness (QED) is 0.648. The van der Waals surface area contributed by atoms with Crippen LogP contribution in [0.4, 0.5) is 11.5 Å². The van der Waals surface area contributed by atoms with E-state index in [-0.39, 0.29) is 12.5 Å². The van der Waals surface area contributed by atoms with Crippen LogP contribution in [0.15, 0.2) is 18.3 Å². The minimum Gasteiger partial charge on any atom is -0.370 e. The topological polar surface area (TPSA) is 80.0 Å². The van der Waals surface area contributed by atoms with Crippen molar-refractivity contribution >= 4 is 17.4 Å². The van der Waals surface area contributed by atoms with Crippen LogP contribution in [0.25, 0.3) is 0 Å². The molecule has 1 heterocycles. The molecule has 0 unspecified atom stereocenters. The molecule has 0 radical (unpaired) electrons. The summed E-state index contributed by atoms with van der Waals surface area (Å²) in [6, 6.07) is 3.58. The highest BCUT2D eigenvalue weighted by Crippen LogP contribution is 2.08. The Kier molecular flexibility index (Phi) is 3.87. The number of rotatable bonds is 4. The van der Waals surface area contributed by atoms with E-state index in [1.807, 2.05) is 6.92 Å². The molecule has 1 rings (SSSR count). The van der Waals surface area contributed by atoms with Gasteiger partial charge in [-0.3, -0.25) is 4.79 Å². The number of aromatic nitrogens is 1. The van der Waals surface area contributed by atoms with Crippen LogP contribution in [0.3, 0.4) is 0 Å². The standard InChI is InChI=1S/C9H14N4O/c1-2-11-8-4-3-7(6-12-8)13-9(14)5-10/h3-4,6H,2,5,10H2,1H3,(H,11,12)(H,13,14). The highest BCUT2D eigenvalue weighted by Gasteiger charge is 1.98. The molecule has 1 aromatic heterocycles. The van der Waals surface area contributed by atoms with E-state index in [1.54, 1.807) is 18.3 Å². The van der Waals surface area contributed by atoms with Crippen LogP contribution in [0.5, 0.6) is 0 Å². The molecule has 0 aliphatic rings. The normalized spacial score (nSPS) is 9.57. The zero-order valence-corrected chi connectivity index (χ0v) is 8.08. The molecule has 5 heteroatoms. The smallest absolute Gasteiger partial charge is 0.238 e. The summed E-state index contributed by atoms with van der Waals surface area (Å²) in [5.74, 6) is 0.571. The van der Waals surface area contributed by atoms with E-state index >= 15 is 0 Å². The van der Waals surface area contributed by atoms with Crippen LogP contribution in [-0.4, -0.2) is 24.0 Å². The highest BCUT2D eigenvalue weighted by atomic mass is 16.1.